The molecule has 1 saturated heterocycles. The van der Waals surface area contributed by atoms with Gasteiger partial charge in [-0.05, 0) is 6.92 Å². The minimum absolute atomic E-state index is 0.320. The summed E-state index contributed by atoms with van der Waals surface area (Å²) in [7, 11) is 12.9. The number of imide groups is 1. The summed E-state index contributed by atoms with van der Waals surface area (Å²) < 4.78 is 1.41. The molecule has 1 aliphatic rings. The van der Waals surface area contributed by atoms with Crippen LogP contribution >= 0.6 is 0 Å². The van der Waals surface area contributed by atoms with E-state index in [9.17, 15) is 14.4 Å². The van der Waals surface area contributed by atoms with Crippen molar-refractivity contribution < 1.29 is 9.59 Å². The predicted octanol–water partition coefficient (Wildman–Crippen LogP) is -9.19. The molecular weight excluding hydrogens is 348 g/mol. The van der Waals surface area contributed by atoms with Crippen LogP contribution in [0.4, 0.5) is 5.69 Å². The molecule has 0 radical (unpaired) electrons. The quantitative estimate of drug-likeness (QED) is 0.295. The number of nitrogens with two attached hydrogens (primary N) is 1. The van der Waals surface area contributed by atoms with Crippen LogP contribution in [0.15, 0.2) is 4.79 Å². The average Bonchev–Trinajstić information content (AvgIpc) is 2.61. The molecule has 3 N–H and O–H groups in total. The van der Waals surface area contributed by atoms with E-state index in [1.165, 1.54) is 4.57 Å². The van der Waals surface area contributed by atoms with Gasteiger partial charge in [0.25, 0.3) is 5.56 Å². The van der Waals surface area contributed by atoms with Gasteiger partial charge in [-0.3, -0.25) is 24.3 Å². The molecule has 1 aliphatic heterocycles. The van der Waals surface area contributed by atoms with Gasteiger partial charge in [0.1, 0.15) is 60.7 Å². The molecular formula is C14H21B7N4O3. The Morgan fingerprint density at radius 3 is 2.21 bits per heavy atom. The van der Waals surface area contributed by atoms with Crippen LogP contribution in [-0.4, -0.2) is 76.3 Å². The van der Waals surface area contributed by atoms with E-state index >= 15 is 0 Å². The fourth-order valence-electron chi connectivity index (χ4n) is 4.29. The summed E-state index contributed by atoms with van der Waals surface area (Å²) in [5.74, 6) is -0.911. The van der Waals surface area contributed by atoms with E-state index in [0.717, 1.165) is 16.4 Å². The highest BCUT2D eigenvalue weighted by molar-refractivity contribution is 6.61. The summed E-state index contributed by atoms with van der Waals surface area (Å²) in [5.41, 5.74) is 8.32. The number of hydrogen-bond donors (Lipinski definition) is 2. The molecule has 0 saturated carbocycles. The van der Waals surface area contributed by atoms with Crippen LogP contribution < -0.4 is 33.0 Å². The number of carbonyl (C=O) groups is 2. The van der Waals surface area contributed by atoms with E-state index in [1.54, 1.807) is 22.6 Å². The molecule has 0 aliphatic carbocycles. The highest BCUT2D eigenvalue weighted by atomic mass is 16.2. The lowest BCUT2D eigenvalue weighted by molar-refractivity contribution is -0.138. The number of fused-ring (bicyclic) bond motifs is 1. The Kier molecular flexibility index (Phi) is 4.48. The highest BCUT2D eigenvalue weighted by Gasteiger charge is 2.57. The third-order valence-electron chi connectivity index (χ3n) is 7.26. The van der Waals surface area contributed by atoms with Crippen LogP contribution in [0.2, 0.25) is 11.0 Å². The number of aromatic nitrogens is 2. The van der Waals surface area contributed by atoms with Gasteiger partial charge in [-0.15, -0.1) is 0 Å². The van der Waals surface area contributed by atoms with Gasteiger partial charge < -0.3 is 5.73 Å². The number of rotatable bonds is 1. The second-order valence-electron chi connectivity index (χ2n) is 8.65. The normalized spacial score (nSPS) is 24.2. The first-order chi connectivity index (χ1) is 12.8. The molecule has 2 heterocycles. The lowest BCUT2D eigenvalue weighted by Gasteiger charge is -2.51. The molecule has 1 aromatic carbocycles. The van der Waals surface area contributed by atoms with Gasteiger partial charge in [-0.1, -0.05) is 21.6 Å². The Bertz CT molecular complexity index is 1130. The molecule has 14 heteroatoms. The van der Waals surface area contributed by atoms with Gasteiger partial charge in [0, 0.05) is 11.5 Å². The SMILES string of the molecule is Bc1c(B)c(N)c2c(=O)n(C3(B)C(=O)NC(=O)C(B)C3(B)B)c(C)nc2c1B. The number of nitrogen functional groups attached to an aromatic ring is 1. The van der Waals surface area contributed by atoms with E-state index in [4.69, 9.17) is 5.73 Å². The van der Waals surface area contributed by atoms with Crippen molar-refractivity contribution >= 4 is 99.7 Å². The van der Waals surface area contributed by atoms with Crippen molar-refractivity contribution in [1.29, 1.82) is 0 Å². The maximum atomic E-state index is 13.7. The fourth-order valence-corrected chi connectivity index (χ4v) is 4.29. The number of nitrogens with one attached hydrogen (secondary N) is 1. The molecule has 2 unspecified atom stereocenters. The van der Waals surface area contributed by atoms with Gasteiger partial charge in [0.15, 0.2) is 0 Å². The minimum atomic E-state index is -1.30. The molecule has 2 atom stereocenters. The van der Waals surface area contributed by atoms with Crippen LogP contribution in [0.5, 0.6) is 0 Å². The smallest absolute Gasteiger partial charge is 0.263 e. The van der Waals surface area contributed by atoms with Crippen LogP contribution in [0.1, 0.15) is 5.82 Å². The van der Waals surface area contributed by atoms with E-state index in [0.29, 0.717) is 22.4 Å². The van der Waals surface area contributed by atoms with E-state index in [-0.39, 0.29) is 11.5 Å². The third kappa shape index (κ3) is 2.32. The number of piperidine rings is 1. The second-order valence-corrected chi connectivity index (χ2v) is 8.65. The minimum Gasteiger partial charge on any atom is -0.398 e. The van der Waals surface area contributed by atoms with Crippen molar-refractivity contribution in [3.8, 4) is 0 Å². The summed E-state index contributed by atoms with van der Waals surface area (Å²) in [6, 6.07) is 0. The molecule has 28 heavy (non-hydrogen) atoms. The summed E-state index contributed by atoms with van der Waals surface area (Å²) in [4.78, 5) is 43.7. The molecule has 1 fully saturated rings. The Morgan fingerprint density at radius 1 is 1.07 bits per heavy atom. The van der Waals surface area contributed by atoms with Gasteiger partial charge in [0.2, 0.25) is 11.8 Å². The Labute approximate surface area is 169 Å². The van der Waals surface area contributed by atoms with Crippen molar-refractivity contribution in [3.63, 3.8) is 0 Å². The average molecular weight is 369 g/mol. The molecule has 7 nitrogen and oxygen atoms in total. The van der Waals surface area contributed by atoms with Crippen LogP contribution in [0, 0.1) is 6.92 Å². The monoisotopic (exact) mass is 370 g/mol. The van der Waals surface area contributed by atoms with Gasteiger partial charge in [0.05, 0.1) is 16.3 Å². The van der Waals surface area contributed by atoms with Gasteiger partial charge >= 0.3 is 0 Å². The molecule has 2 aromatic rings. The summed E-state index contributed by atoms with van der Waals surface area (Å²) in [6.07, 6.45) is 0. The molecule has 136 valence electrons. The largest absolute Gasteiger partial charge is 0.398 e. The Balaban J connectivity index is 2.50. The number of anilines is 1. The maximum absolute atomic E-state index is 13.7. The van der Waals surface area contributed by atoms with Crippen molar-refractivity contribution in [3.05, 3.63) is 16.2 Å². The first-order valence-corrected chi connectivity index (χ1v) is 9.42. The zero-order valence-corrected chi connectivity index (χ0v) is 17.8. The van der Waals surface area contributed by atoms with Crippen molar-refractivity contribution in [2.24, 2.45) is 0 Å². The molecule has 3 rings (SSSR count). The van der Waals surface area contributed by atoms with Crippen LogP contribution in [0.25, 0.3) is 10.9 Å². The summed E-state index contributed by atoms with van der Waals surface area (Å²) in [6.45, 7) is 1.71. The number of benzene rings is 1. The van der Waals surface area contributed by atoms with E-state index in [1.807, 2.05) is 39.2 Å². The topological polar surface area (TPSA) is 107 Å². The lowest BCUT2D eigenvalue weighted by atomic mass is 9.31. The maximum Gasteiger partial charge on any atom is 0.263 e. The van der Waals surface area contributed by atoms with Crippen molar-refractivity contribution in [2.75, 3.05) is 5.73 Å². The van der Waals surface area contributed by atoms with Crippen LogP contribution in [0.3, 0.4) is 0 Å². The second kappa shape index (κ2) is 6.13. The summed E-state index contributed by atoms with van der Waals surface area (Å²) >= 11 is 0. The van der Waals surface area contributed by atoms with E-state index in [2.05, 4.69) is 10.3 Å². The molecule has 2 amide bonds. The Morgan fingerprint density at radius 2 is 1.64 bits per heavy atom. The van der Waals surface area contributed by atoms with Crippen LogP contribution in [-0.2, 0) is 15.0 Å². The fraction of sp³-hybridized carbons (Fsp3) is 0.286. The van der Waals surface area contributed by atoms with Crippen molar-refractivity contribution in [1.82, 2.24) is 14.9 Å². The first kappa shape index (κ1) is 20.5. The highest BCUT2D eigenvalue weighted by Crippen LogP contribution is 2.47. The number of nitrogens with zero attached hydrogens (tertiary/aromatic N) is 2. The Hall–Kier alpha value is -2.25. The lowest BCUT2D eigenvalue weighted by Crippen LogP contribution is -2.68. The molecule has 0 spiro atoms. The third-order valence-corrected chi connectivity index (χ3v) is 7.26. The van der Waals surface area contributed by atoms with E-state index < -0.39 is 22.4 Å². The van der Waals surface area contributed by atoms with Gasteiger partial charge in [-0.25, -0.2) is 4.98 Å². The number of carbonyl (C=O) groups excluding carboxylic acids is 2. The summed E-state index contributed by atoms with van der Waals surface area (Å²) in [5, 5.41) is 1.93. The predicted molar refractivity (Wildman–Crippen MR) is 131 cm³/mol. The zero-order chi connectivity index (χ0) is 21.3. The molecule has 0 bridgehead atoms. The number of amides is 2. The zero-order valence-electron chi connectivity index (χ0n) is 17.8. The number of aryl methyl sites for hydroxylation is 1. The van der Waals surface area contributed by atoms with Crippen molar-refractivity contribution in [2.45, 2.75) is 23.4 Å². The van der Waals surface area contributed by atoms with Gasteiger partial charge in [-0.2, -0.15) is 0 Å². The first-order valence-electron chi connectivity index (χ1n) is 9.42. The molecule has 1 aromatic heterocycles. The number of hydrogen-bond acceptors (Lipinski definition) is 5. The standard InChI is InChI=1S/C14H21B7N4O3/c1-2-23-8-3(7(22)5(16)4(15)6(8)17)11(27)25(2)14(21)12(28)24-10(26)9(18)13(14,19)20/h9H,15-22H2,1H3,(H,24,26,28).